The summed E-state index contributed by atoms with van der Waals surface area (Å²) < 4.78 is 10.6. The molecule has 1 heterocycles. The number of fused-ring (bicyclic) bond motifs is 2. The predicted octanol–water partition coefficient (Wildman–Crippen LogP) is 3.26. The third-order valence-electron chi connectivity index (χ3n) is 4.23. The number of methoxy groups -OCH3 is 1. The molecule has 5 nitrogen and oxygen atoms in total. The topological polar surface area (TPSA) is 73.6 Å². The molecule has 0 bridgehead atoms. The van der Waals surface area contributed by atoms with E-state index >= 15 is 0 Å². The van der Waals surface area contributed by atoms with E-state index in [4.69, 9.17) is 9.15 Å². The van der Waals surface area contributed by atoms with Crippen LogP contribution in [0.1, 0.15) is 26.3 Å². The fourth-order valence-corrected chi connectivity index (χ4v) is 2.94. The Morgan fingerprint density at radius 3 is 2.44 bits per heavy atom. The van der Waals surface area contributed by atoms with Crippen molar-refractivity contribution in [3.63, 3.8) is 0 Å². The molecule has 5 heteroatoms. The Hall–Kier alpha value is -3.47. The van der Waals surface area contributed by atoms with Crippen molar-refractivity contribution >= 4 is 28.1 Å². The summed E-state index contributed by atoms with van der Waals surface area (Å²) in [6.07, 6.45) is 2.42. The first kappa shape index (κ1) is 15.1. The maximum atomic E-state index is 12.8. The lowest BCUT2D eigenvalue weighted by molar-refractivity contribution is 0.100. The van der Waals surface area contributed by atoms with Gasteiger partial charge in [0.2, 0.25) is 5.43 Å². The van der Waals surface area contributed by atoms with Crippen LogP contribution in [-0.2, 0) is 0 Å². The van der Waals surface area contributed by atoms with Crippen molar-refractivity contribution < 1.29 is 18.7 Å². The molecule has 122 valence electrons. The third-order valence-corrected chi connectivity index (χ3v) is 4.23. The highest BCUT2D eigenvalue weighted by Gasteiger charge is 2.28. The molecule has 0 spiro atoms. The summed E-state index contributed by atoms with van der Waals surface area (Å²) in [5.74, 6) is -0.116. The zero-order valence-electron chi connectivity index (χ0n) is 13.2. The van der Waals surface area contributed by atoms with E-state index in [0.29, 0.717) is 27.8 Å². The normalized spacial score (nSPS) is 13.6. The Balaban J connectivity index is 1.91. The quantitative estimate of drug-likeness (QED) is 0.720. The van der Waals surface area contributed by atoms with Gasteiger partial charge >= 0.3 is 0 Å². The number of rotatable bonds is 2. The molecule has 1 aliphatic carbocycles. The fourth-order valence-electron chi connectivity index (χ4n) is 2.94. The largest absolute Gasteiger partial charge is 0.497 e. The molecular formula is C20H12O5. The average Bonchev–Trinajstić information content (AvgIpc) is 2.65. The molecule has 0 saturated carbocycles. The maximum absolute atomic E-state index is 12.8. The van der Waals surface area contributed by atoms with Gasteiger partial charge in [-0.3, -0.25) is 14.4 Å². The number of ketones is 2. The van der Waals surface area contributed by atoms with Crippen LogP contribution in [0.3, 0.4) is 0 Å². The summed E-state index contributed by atoms with van der Waals surface area (Å²) in [7, 11) is 1.52. The molecule has 25 heavy (non-hydrogen) atoms. The molecule has 0 aliphatic heterocycles. The summed E-state index contributed by atoms with van der Waals surface area (Å²) in [5, 5.41) is 0.318. The lowest BCUT2D eigenvalue weighted by Crippen LogP contribution is -2.20. The highest BCUT2D eigenvalue weighted by molar-refractivity contribution is 6.38. The monoisotopic (exact) mass is 332 g/mol. The Bertz CT molecular complexity index is 1130. The first-order valence-corrected chi connectivity index (χ1v) is 7.60. The van der Waals surface area contributed by atoms with Gasteiger partial charge in [-0.25, -0.2) is 0 Å². The number of carbonyl (C=O) groups is 2. The SMILES string of the molecule is COc1ccc2c(=O)c(C3=CC(=O)c4ccccc4C3=O)coc2c1. The Labute approximate surface area is 142 Å². The van der Waals surface area contributed by atoms with Crippen LogP contribution in [0, 0.1) is 0 Å². The van der Waals surface area contributed by atoms with Crippen LogP contribution in [0.25, 0.3) is 16.5 Å². The molecule has 1 aliphatic rings. The van der Waals surface area contributed by atoms with Crippen LogP contribution in [0.2, 0.25) is 0 Å². The first-order chi connectivity index (χ1) is 12.1. The second kappa shape index (κ2) is 5.56. The molecule has 0 radical (unpaired) electrons. The van der Waals surface area contributed by atoms with Gasteiger partial charge in [0.1, 0.15) is 17.6 Å². The van der Waals surface area contributed by atoms with E-state index < -0.39 is 0 Å². The summed E-state index contributed by atoms with van der Waals surface area (Å²) >= 11 is 0. The van der Waals surface area contributed by atoms with Gasteiger partial charge in [-0.15, -0.1) is 0 Å². The molecule has 4 rings (SSSR count). The number of carbonyl (C=O) groups excluding carboxylic acids is 2. The lowest BCUT2D eigenvalue weighted by Gasteiger charge is -2.14. The molecule has 0 atom stereocenters. The van der Waals surface area contributed by atoms with E-state index in [1.54, 1.807) is 42.5 Å². The first-order valence-electron chi connectivity index (χ1n) is 7.60. The zero-order valence-corrected chi connectivity index (χ0v) is 13.2. The Morgan fingerprint density at radius 2 is 1.68 bits per heavy atom. The van der Waals surface area contributed by atoms with Gasteiger partial charge in [0.05, 0.1) is 18.1 Å². The lowest BCUT2D eigenvalue weighted by atomic mass is 9.86. The van der Waals surface area contributed by atoms with E-state index in [1.807, 2.05) is 0 Å². The van der Waals surface area contributed by atoms with Crippen molar-refractivity contribution in [3.05, 3.63) is 81.7 Å². The van der Waals surface area contributed by atoms with Crippen molar-refractivity contribution in [1.82, 2.24) is 0 Å². The van der Waals surface area contributed by atoms with Crippen molar-refractivity contribution in [3.8, 4) is 5.75 Å². The number of hydrogen-bond donors (Lipinski definition) is 0. The van der Waals surface area contributed by atoms with Gasteiger partial charge in [-0.1, -0.05) is 24.3 Å². The van der Waals surface area contributed by atoms with Crippen LogP contribution in [0.4, 0.5) is 0 Å². The summed E-state index contributed by atoms with van der Waals surface area (Å²) in [6.45, 7) is 0. The van der Waals surface area contributed by atoms with Gasteiger partial charge in [0, 0.05) is 22.8 Å². The van der Waals surface area contributed by atoms with E-state index in [9.17, 15) is 14.4 Å². The van der Waals surface area contributed by atoms with Crippen LogP contribution >= 0.6 is 0 Å². The predicted molar refractivity (Wildman–Crippen MR) is 92.1 cm³/mol. The van der Waals surface area contributed by atoms with Crippen molar-refractivity contribution in [2.45, 2.75) is 0 Å². The Kier molecular flexibility index (Phi) is 3.35. The number of ether oxygens (including phenoxy) is 1. The number of Topliss-reactive ketones (excluding diaryl/α,β-unsaturated/α-hetero) is 1. The molecular weight excluding hydrogens is 320 g/mol. The molecule has 0 saturated heterocycles. The number of benzene rings is 2. The van der Waals surface area contributed by atoms with E-state index in [2.05, 4.69) is 0 Å². The van der Waals surface area contributed by atoms with Crippen LogP contribution in [-0.4, -0.2) is 18.7 Å². The van der Waals surface area contributed by atoms with Gasteiger partial charge in [0.15, 0.2) is 11.6 Å². The average molecular weight is 332 g/mol. The summed E-state index contributed by atoms with van der Waals surface area (Å²) in [5.41, 5.74) is 0.741. The minimum Gasteiger partial charge on any atom is -0.497 e. The van der Waals surface area contributed by atoms with Crippen molar-refractivity contribution in [2.75, 3.05) is 7.11 Å². The fraction of sp³-hybridized carbons (Fsp3) is 0.0500. The third kappa shape index (κ3) is 2.29. The van der Waals surface area contributed by atoms with Gasteiger partial charge in [-0.05, 0) is 18.2 Å². The van der Waals surface area contributed by atoms with Gasteiger partial charge in [0.25, 0.3) is 0 Å². The molecule has 0 unspecified atom stereocenters. The molecule has 0 fully saturated rings. The number of allylic oxidation sites excluding steroid dienone is 2. The second-order valence-electron chi connectivity index (χ2n) is 5.64. The van der Waals surface area contributed by atoms with Crippen LogP contribution in [0.5, 0.6) is 5.75 Å². The van der Waals surface area contributed by atoms with E-state index in [1.165, 1.54) is 19.4 Å². The Morgan fingerprint density at radius 1 is 0.920 bits per heavy atom. The van der Waals surface area contributed by atoms with Crippen LogP contribution < -0.4 is 10.2 Å². The minimum atomic E-state index is -0.365. The smallest absolute Gasteiger partial charge is 0.200 e. The van der Waals surface area contributed by atoms with Crippen molar-refractivity contribution in [1.29, 1.82) is 0 Å². The second-order valence-corrected chi connectivity index (χ2v) is 5.64. The zero-order chi connectivity index (χ0) is 17.6. The van der Waals surface area contributed by atoms with E-state index in [-0.39, 0.29) is 28.1 Å². The molecule has 2 aromatic carbocycles. The molecule has 0 amide bonds. The number of hydrogen-bond acceptors (Lipinski definition) is 5. The standard InChI is InChI=1S/C20H12O5/c1-24-11-6-7-14-18(8-11)25-10-16(20(14)23)15-9-17(21)12-4-2-3-5-13(12)19(15)22/h2-10H,1H3. The highest BCUT2D eigenvalue weighted by atomic mass is 16.5. The molecule has 0 N–H and O–H groups in total. The summed E-state index contributed by atoms with van der Waals surface area (Å²) in [6, 6.07) is 11.4. The van der Waals surface area contributed by atoms with Gasteiger partial charge in [-0.2, -0.15) is 0 Å². The van der Waals surface area contributed by atoms with Crippen molar-refractivity contribution in [2.24, 2.45) is 0 Å². The molecule has 1 aromatic heterocycles. The summed E-state index contributed by atoms with van der Waals surface area (Å²) in [4.78, 5) is 37.8. The van der Waals surface area contributed by atoms with E-state index in [0.717, 1.165) is 0 Å². The highest BCUT2D eigenvalue weighted by Crippen LogP contribution is 2.28. The van der Waals surface area contributed by atoms with Crippen LogP contribution in [0.15, 0.2) is 64.0 Å². The van der Waals surface area contributed by atoms with Gasteiger partial charge < -0.3 is 9.15 Å². The minimum absolute atomic E-state index is 0.0511. The maximum Gasteiger partial charge on any atom is 0.200 e. The molecule has 3 aromatic rings.